The highest BCUT2D eigenvalue weighted by Gasteiger charge is 2.20. The molecule has 0 spiro atoms. The number of aromatic nitrogens is 2. The maximum Gasteiger partial charge on any atom is 0.338 e. The van der Waals surface area contributed by atoms with E-state index in [1.54, 1.807) is 0 Å². The van der Waals surface area contributed by atoms with Gasteiger partial charge in [0.1, 0.15) is 5.82 Å². The second kappa shape index (κ2) is 8.95. The van der Waals surface area contributed by atoms with E-state index in [1.807, 2.05) is 37.3 Å². The molecule has 0 amide bonds. The number of aryl methyl sites for hydroxylation is 1. The molecule has 4 nitrogen and oxygen atoms in total. The molecule has 4 heteroatoms. The smallest absolute Gasteiger partial charge is 0.338 e. The molecule has 0 fully saturated rings. The van der Waals surface area contributed by atoms with Gasteiger partial charge in [-0.3, -0.25) is 0 Å². The van der Waals surface area contributed by atoms with Gasteiger partial charge in [-0.1, -0.05) is 60.7 Å². The van der Waals surface area contributed by atoms with Crippen LogP contribution in [0.3, 0.4) is 0 Å². The third kappa shape index (κ3) is 3.99. The number of ether oxygens (including phenoxy) is 1. The summed E-state index contributed by atoms with van der Waals surface area (Å²) in [4.78, 5) is 17.1. The number of carbonyl (C=O) groups is 1. The van der Waals surface area contributed by atoms with Gasteiger partial charge >= 0.3 is 5.97 Å². The number of carbonyl (C=O) groups excluding carboxylic acids is 1. The number of imidazole rings is 1. The van der Waals surface area contributed by atoms with Gasteiger partial charge in [0.05, 0.1) is 23.2 Å². The van der Waals surface area contributed by atoms with Gasteiger partial charge in [-0.15, -0.1) is 0 Å². The minimum absolute atomic E-state index is 0.207. The average molecular weight is 399 g/mol. The van der Waals surface area contributed by atoms with Crippen molar-refractivity contribution in [3.05, 3.63) is 101 Å². The van der Waals surface area contributed by atoms with E-state index in [1.165, 1.54) is 11.1 Å². The van der Waals surface area contributed by atoms with Crippen LogP contribution >= 0.6 is 0 Å². The summed E-state index contributed by atoms with van der Waals surface area (Å²) in [5, 5.41) is 0. The van der Waals surface area contributed by atoms with E-state index in [2.05, 4.69) is 60.0 Å². The van der Waals surface area contributed by atoms with Gasteiger partial charge in [-0.2, -0.15) is 0 Å². The molecule has 0 aliphatic heterocycles. The van der Waals surface area contributed by atoms with E-state index in [4.69, 9.17) is 9.72 Å². The quantitative estimate of drug-likeness (QED) is 0.380. The molecule has 0 N–H and O–H groups in total. The van der Waals surface area contributed by atoms with Gasteiger partial charge in [0.25, 0.3) is 0 Å². The molecule has 0 saturated carbocycles. The van der Waals surface area contributed by atoms with E-state index in [-0.39, 0.29) is 11.9 Å². The monoisotopic (exact) mass is 398 g/mol. The molecule has 0 aliphatic rings. The first kappa shape index (κ1) is 19.9. The molecule has 30 heavy (non-hydrogen) atoms. The van der Waals surface area contributed by atoms with Gasteiger partial charge in [-0.25, -0.2) is 9.78 Å². The lowest BCUT2D eigenvalue weighted by atomic mass is 9.88. The Balaban J connectivity index is 1.76. The third-order valence-corrected chi connectivity index (χ3v) is 5.45. The summed E-state index contributed by atoms with van der Waals surface area (Å²) in [6, 6.07) is 26.8. The first-order valence-electron chi connectivity index (χ1n) is 10.5. The summed E-state index contributed by atoms with van der Waals surface area (Å²) in [6.07, 6.45) is 0.783. The van der Waals surface area contributed by atoms with Gasteiger partial charge in [0.2, 0.25) is 0 Å². The third-order valence-electron chi connectivity index (χ3n) is 5.45. The summed E-state index contributed by atoms with van der Waals surface area (Å²) in [7, 11) is 0. The molecule has 1 aromatic heterocycles. The molecule has 0 aliphatic carbocycles. The van der Waals surface area contributed by atoms with E-state index in [9.17, 15) is 4.79 Å². The largest absolute Gasteiger partial charge is 0.462 e. The zero-order valence-corrected chi connectivity index (χ0v) is 17.4. The van der Waals surface area contributed by atoms with Crippen LogP contribution in [0, 0.1) is 0 Å². The molecule has 1 heterocycles. The van der Waals surface area contributed by atoms with Crippen LogP contribution in [0.1, 0.15) is 47.1 Å². The Kier molecular flexibility index (Phi) is 5.94. The number of hydrogen-bond acceptors (Lipinski definition) is 3. The molecule has 3 aromatic carbocycles. The first-order chi connectivity index (χ1) is 14.7. The van der Waals surface area contributed by atoms with Crippen LogP contribution in [-0.2, 0) is 17.7 Å². The summed E-state index contributed by atoms with van der Waals surface area (Å²) < 4.78 is 7.39. The molecular weight excluding hydrogens is 372 g/mol. The molecule has 0 unspecified atom stereocenters. The van der Waals surface area contributed by atoms with E-state index in [0.717, 1.165) is 29.8 Å². The van der Waals surface area contributed by atoms with E-state index in [0.29, 0.717) is 12.2 Å². The highest BCUT2D eigenvalue weighted by atomic mass is 16.5. The van der Waals surface area contributed by atoms with Gasteiger partial charge in [0, 0.05) is 18.9 Å². The lowest BCUT2D eigenvalue weighted by Gasteiger charge is -2.18. The van der Waals surface area contributed by atoms with Crippen LogP contribution in [0.5, 0.6) is 0 Å². The van der Waals surface area contributed by atoms with Gasteiger partial charge < -0.3 is 9.30 Å². The number of hydrogen-bond donors (Lipinski definition) is 0. The Hall–Kier alpha value is -3.40. The number of esters is 1. The summed E-state index contributed by atoms with van der Waals surface area (Å²) in [5.74, 6) is 0.920. The Morgan fingerprint density at radius 1 is 0.933 bits per heavy atom. The molecule has 4 rings (SSSR count). The summed E-state index contributed by atoms with van der Waals surface area (Å²) in [6.45, 7) is 5.12. The molecule has 0 bridgehead atoms. The van der Waals surface area contributed by atoms with Gasteiger partial charge in [0.15, 0.2) is 0 Å². The maximum absolute atomic E-state index is 12.1. The zero-order valence-electron chi connectivity index (χ0n) is 17.4. The Labute approximate surface area is 177 Å². The average Bonchev–Trinajstić information content (AvgIpc) is 3.15. The molecule has 4 aromatic rings. The number of rotatable bonds is 7. The standard InChI is InChI=1S/C26H26N2O2/c1-3-28-24-16-15-21(26(29)30-4-2)17-23(24)27-25(28)18-22(19-11-7-5-8-12-19)20-13-9-6-10-14-20/h5-17,22H,3-4,18H2,1-2H3. The zero-order chi connectivity index (χ0) is 20.9. The lowest BCUT2D eigenvalue weighted by Crippen LogP contribution is -2.10. The van der Waals surface area contributed by atoms with Crippen molar-refractivity contribution in [2.24, 2.45) is 0 Å². The Bertz CT molecular complexity index is 1090. The molecular formula is C26H26N2O2. The van der Waals surface area contributed by atoms with Crippen molar-refractivity contribution in [2.45, 2.75) is 32.7 Å². The van der Waals surface area contributed by atoms with Crippen molar-refractivity contribution < 1.29 is 9.53 Å². The first-order valence-corrected chi connectivity index (χ1v) is 10.5. The fourth-order valence-corrected chi connectivity index (χ4v) is 4.01. The number of fused-ring (bicyclic) bond motifs is 1. The number of nitrogens with zero attached hydrogens (tertiary/aromatic N) is 2. The Morgan fingerprint density at radius 2 is 1.57 bits per heavy atom. The molecule has 0 saturated heterocycles. The fraction of sp³-hybridized carbons (Fsp3) is 0.231. The molecule has 0 atom stereocenters. The van der Waals surface area contributed by atoms with Gasteiger partial charge in [-0.05, 0) is 43.2 Å². The maximum atomic E-state index is 12.1. The van der Waals surface area contributed by atoms with Crippen LogP contribution in [0.15, 0.2) is 78.9 Å². The van der Waals surface area contributed by atoms with Crippen molar-refractivity contribution >= 4 is 17.0 Å². The normalized spacial score (nSPS) is 11.2. The minimum atomic E-state index is -0.307. The fourth-order valence-electron chi connectivity index (χ4n) is 4.01. The van der Waals surface area contributed by atoms with Crippen molar-refractivity contribution in [1.29, 1.82) is 0 Å². The minimum Gasteiger partial charge on any atom is -0.462 e. The van der Waals surface area contributed by atoms with Crippen molar-refractivity contribution in [3.63, 3.8) is 0 Å². The summed E-state index contributed by atoms with van der Waals surface area (Å²) >= 11 is 0. The van der Waals surface area contributed by atoms with Crippen LogP contribution in [0.25, 0.3) is 11.0 Å². The predicted molar refractivity (Wildman–Crippen MR) is 120 cm³/mol. The van der Waals surface area contributed by atoms with Crippen LogP contribution in [-0.4, -0.2) is 22.1 Å². The Morgan fingerprint density at radius 3 is 2.13 bits per heavy atom. The second-order valence-electron chi connectivity index (χ2n) is 7.27. The summed E-state index contributed by atoms with van der Waals surface area (Å²) in [5.41, 5.74) is 4.95. The van der Waals surface area contributed by atoms with Crippen molar-refractivity contribution in [3.8, 4) is 0 Å². The topological polar surface area (TPSA) is 44.1 Å². The molecule has 152 valence electrons. The number of benzene rings is 3. The van der Waals surface area contributed by atoms with Crippen LogP contribution in [0.4, 0.5) is 0 Å². The lowest BCUT2D eigenvalue weighted by molar-refractivity contribution is 0.0526. The predicted octanol–water partition coefficient (Wildman–Crippen LogP) is 5.61. The van der Waals surface area contributed by atoms with Crippen molar-refractivity contribution in [1.82, 2.24) is 9.55 Å². The highest BCUT2D eigenvalue weighted by molar-refractivity contribution is 5.93. The highest BCUT2D eigenvalue weighted by Crippen LogP contribution is 2.30. The second-order valence-corrected chi connectivity index (χ2v) is 7.27. The van der Waals surface area contributed by atoms with E-state index >= 15 is 0 Å². The SMILES string of the molecule is CCOC(=O)c1ccc2c(c1)nc(CC(c1ccccc1)c1ccccc1)n2CC. The van der Waals surface area contributed by atoms with Crippen LogP contribution in [0.2, 0.25) is 0 Å². The van der Waals surface area contributed by atoms with Crippen molar-refractivity contribution in [2.75, 3.05) is 6.61 Å². The van der Waals surface area contributed by atoms with Crippen LogP contribution < -0.4 is 0 Å². The molecule has 0 radical (unpaired) electrons. The van der Waals surface area contributed by atoms with E-state index < -0.39 is 0 Å².